The number of anilines is 1. The van der Waals surface area contributed by atoms with Gasteiger partial charge in [-0.05, 0) is 84.6 Å². The first-order valence-electron chi connectivity index (χ1n) is 13.0. The lowest BCUT2D eigenvalue weighted by atomic mass is 9.92. The Labute approximate surface area is 233 Å². The highest BCUT2D eigenvalue weighted by atomic mass is 32.1. The number of aromatic hydroxyl groups is 2. The van der Waals surface area contributed by atoms with Gasteiger partial charge in [-0.25, -0.2) is 4.39 Å². The quantitative estimate of drug-likeness (QED) is 0.209. The smallest absolute Gasteiger partial charge is 0.176 e. The normalized spacial score (nSPS) is 18.0. The van der Waals surface area contributed by atoms with Crippen LogP contribution in [0.4, 0.5) is 10.1 Å². The van der Waals surface area contributed by atoms with E-state index in [2.05, 4.69) is 29.2 Å². The molecule has 4 aromatic carbocycles. The summed E-state index contributed by atoms with van der Waals surface area (Å²) in [6, 6.07) is 28.5. The average Bonchev–Trinajstić information content (AvgIpc) is 3.19. The Hall–Kier alpha value is -3.94. The SMILES string of the molecule is CN1C(=S)N(c2ccc(-c3ccccc3)cc2)[C@H](c2ccc(O)cc2O)[C@H]1CCCC(O)c1ccc(F)cc1. The first kappa shape index (κ1) is 26.7. The molecule has 0 spiro atoms. The van der Waals surface area contributed by atoms with E-state index in [-0.39, 0.29) is 29.4 Å². The van der Waals surface area contributed by atoms with E-state index in [0.29, 0.717) is 35.5 Å². The predicted molar refractivity (Wildman–Crippen MR) is 156 cm³/mol. The Morgan fingerprint density at radius 2 is 1.54 bits per heavy atom. The summed E-state index contributed by atoms with van der Waals surface area (Å²) in [4.78, 5) is 4.10. The van der Waals surface area contributed by atoms with E-state index in [4.69, 9.17) is 12.2 Å². The van der Waals surface area contributed by atoms with Gasteiger partial charge in [0.1, 0.15) is 17.3 Å². The number of aliphatic hydroxyl groups excluding tert-OH is 1. The molecular formula is C32H31FN2O3S. The van der Waals surface area contributed by atoms with Gasteiger partial charge in [-0.15, -0.1) is 0 Å². The summed E-state index contributed by atoms with van der Waals surface area (Å²) in [7, 11) is 1.95. The molecule has 0 bridgehead atoms. The number of hydrogen-bond acceptors (Lipinski definition) is 4. The molecule has 1 aliphatic heterocycles. The number of likely N-dealkylation sites (N-methyl/N-ethyl adjacent to an activating group) is 1. The molecule has 39 heavy (non-hydrogen) atoms. The van der Waals surface area contributed by atoms with Crippen LogP contribution in [0.1, 0.15) is 42.5 Å². The summed E-state index contributed by atoms with van der Waals surface area (Å²) in [5.41, 5.74) is 4.46. The highest BCUT2D eigenvalue weighted by Gasteiger charge is 2.43. The second-order valence-corrected chi connectivity index (χ2v) is 10.3. The second-order valence-electron chi connectivity index (χ2n) is 9.93. The molecule has 1 heterocycles. The maximum absolute atomic E-state index is 13.3. The minimum absolute atomic E-state index is 0.000326. The number of halogens is 1. The largest absolute Gasteiger partial charge is 0.508 e. The molecule has 1 saturated heterocycles. The van der Waals surface area contributed by atoms with Crippen molar-refractivity contribution in [1.29, 1.82) is 0 Å². The van der Waals surface area contributed by atoms with Crippen molar-refractivity contribution in [1.82, 2.24) is 4.90 Å². The molecule has 7 heteroatoms. The molecule has 200 valence electrons. The summed E-state index contributed by atoms with van der Waals surface area (Å²) in [5.74, 6) is -0.344. The number of thiocarbonyl (C=S) groups is 1. The van der Waals surface area contributed by atoms with Crippen molar-refractivity contribution < 1.29 is 19.7 Å². The average molecular weight is 543 g/mol. The third-order valence-electron chi connectivity index (χ3n) is 7.47. The number of rotatable bonds is 8. The predicted octanol–water partition coefficient (Wildman–Crippen LogP) is 6.95. The van der Waals surface area contributed by atoms with E-state index < -0.39 is 6.10 Å². The van der Waals surface area contributed by atoms with Gasteiger partial charge in [0.25, 0.3) is 0 Å². The zero-order valence-electron chi connectivity index (χ0n) is 21.6. The number of benzene rings is 4. The molecule has 0 aliphatic carbocycles. The van der Waals surface area contributed by atoms with Crippen LogP contribution in [-0.2, 0) is 0 Å². The zero-order valence-corrected chi connectivity index (χ0v) is 22.4. The summed E-state index contributed by atoms with van der Waals surface area (Å²) in [6.45, 7) is 0. The van der Waals surface area contributed by atoms with Gasteiger partial charge in [0.2, 0.25) is 0 Å². The van der Waals surface area contributed by atoms with Crippen molar-refractivity contribution in [2.24, 2.45) is 0 Å². The third kappa shape index (κ3) is 5.60. The van der Waals surface area contributed by atoms with Crippen LogP contribution in [0.15, 0.2) is 97.1 Å². The molecule has 1 unspecified atom stereocenters. The van der Waals surface area contributed by atoms with Gasteiger partial charge >= 0.3 is 0 Å². The Bertz CT molecular complexity index is 1430. The van der Waals surface area contributed by atoms with E-state index in [1.807, 2.05) is 42.3 Å². The molecule has 0 aromatic heterocycles. The van der Waals surface area contributed by atoms with E-state index in [9.17, 15) is 19.7 Å². The maximum Gasteiger partial charge on any atom is 0.176 e. The topological polar surface area (TPSA) is 67.2 Å². The fraction of sp³-hybridized carbons (Fsp3) is 0.219. The van der Waals surface area contributed by atoms with Crippen molar-refractivity contribution in [3.05, 3.63) is 114 Å². The van der Waals surface area contributed by atoms with Gasteiger partial charge in [0.15, 0.2) is 5.11 Å². The van der Waals surface area contributed by atoms with Crippen LogP contribution in [0.3, 0.4) is 0 Å². The van der Waals surface area contributed by atoms with Crippen molar-refractivity contribution in [2.75, 3.05) is 11.9 Å². The fourth-order valence-electron chi connectivity index (χ4n) is 5.38. The first-order chi connectivity index (χ1) is 18.8. The lowest BCUT2D eigenvalue weighted by Crippen LogP contribution is -2.30. The summed E-state index contributed by atoms with van der Waals surface area (Å²) < 4.78 is 13.3. The molecule has 5 nitrogen and oxygen atoms in total. The molecule has 3 N–H and O–H groups in total. The van der Waals surface area contributed by atoms with Crippen LogP contribution in [0.2, 0.25) is 0 Å². The molecule has 1 fully saturated rings. The van der Waals surface area contributed by atoms with Crippen molar-refractivity contribution in [2.45, 2.75) is 37.5 Å². The van der Waals surface area contributed by atoms with Crippen LogP contribution in [-0.4, -0.2) is 38.4 Å². The Morgan fingerprint density at radius 1 is 0.872 bits per heavy atom. The Balaban J connectivity index is 1.42. The molecule has 1 aliphatic rings. The minimum Gasteiger partial charge on any atom is -0.508 e. The molecule has 4 aromatic rings. The maximum atomic E-state index is 13.3. The summed E-state index contributed by atoms with van der Waals surface area (Å²) >= 11 is 5.92. The van der Waals surface area contributed by atoms with E-state index >= 15 is 0 Å². The summed E-state index contributed by atoms with van der Waals surface area (Å²) in [6.07, 6.45) is 1.18. The monoisotopic (exact) mass is 542 g/mol. The lowest BCUT2D eigenvalue weighted by molar-refractivity contribution is 0.159. The number of phenols is 2. The van der Waals surface area contributed by atoms with Gasteiger partial charge in [-0.2, -0.15) is 0 Å². The highest BCUT2D eigenvalue weighted by molar-refractivity contribution is 7.80. The lowest BCUT2D eigenvalue weighted by Gasteiger charge is -2.29. The number of nitrogens with zero attached hydrogens (tertiary/aromatic N) is 2. The van der Waals surface area contributed by atoms with Crippen LogP contribution in [0.5, 0.6) is 11.5 Å². The Morgan fingerprint density at radius 3 is 2.21 bits per heavy atom. The molecule has 3 atom stereocenters. The van der Waals surface area contributed by atoms with Gasteiger partial charge < -0.3 is 25.1 Å². The summed E-state index contributed by atoms with van der Waals surface area (Å²) in [5, 5.41) is 32.1. The minimum atomic E-state index is -0.702. The zero-order chi connectivity index (χ0) is 27.5. The molecule has 5 rings (SSSR count). The van der Waals surface area contributed by atoms with Crippen molar-refractivity contribution >= 4 is 23.0 Å². The van der Waals surface area contributed by atoms with Gasteiger partial charge in [-0.3, -0.25) is 0 Å². The van der Waals surface area contributed by atoms with Gasteiger partial charge in [0, 0.05) is 24.4 Å². The fourth-order valence-corrected chi connectivity index (χ4v) is 5.74. The highest BCUT2D eigenvalue weighted by Crippen LogP contribution is 2.44. The van der Waals surface area contributed by atoms with Gasteiger partial charge in [-0.1, -0.05) is 54.6 Å². The first-order valence-corrected chi connectivity index (χ1v) is 13.4. The van der Waals surface area contributed by atoms with E-state index in [1.54, 1.807) is 24.3 Å². The molecule has 0 radical (unpaired) electrons. The van der Waals surface area contributed by atoms with Crippen LogP contribution in [0.25, 0.3) is 11.1 Å². The third-order valence-corrected chi connectivity index (χ3v) is 7.95. The van der Waals surface area contributed by atoms with Gasteiger partial charge in [0.05, 0.1) is 18.2 Å². The molecular weight excluding hydrogens is 511 g/mol. The van der Waals surface area contributed by atoms with Crippen LogP contribution in [0, 0.1) is 5.82 Å². The standard InChI is InChI=1S/C32H31FN2O3S/c1-34-28(8-5-9-29(37)23-10-14-24(33)15-11-23)31(27-19-18-26(36)20-30(27)38)35(32(34)39)25-16-12-22(13-17-25)21-6-3-2-4-7-21/h2-4,6-7,10-20,28-29,31,36-38H,5,8-9H2,1H3/t28-,29?,31-/m1/s1. The van der Waals surface area contributed by atoms with Crippen molar-refractivity contribution in [3.63, 3.8) is 0 Å². The van der Waals surface area contributed by atoms with E-state index in [0.717, 1.165) is 16.8 Å². The number of aliphatic hydroxyl groups is 1. The molecule has 0 amide bonds. The second kappa shape index (κ2) is 11.4. The number of hydrogen-bond donors (Lipinski definition) is 3. The number of phenolic OH excluding ortho intramolecular Hbond substituents is 2. The van der Waals surface area contributed by atoms with Crippen LogP contribution < -0.4 is 4.90 Å². The molecule has 0 saturated carbocycles. The van der Waals surface area contributed by atoms with Crippen molar-refractivity contribution in [3.8, 4) is 22.6 Å². The van der Waals surface area contributed by atoms with E-state index in [1.165, 1.54) is 18.2 Å². The Kier molecular flexibility index (Phi) is 7.82. The van der Waals surface area contributed by atoms with Crippen LogP contribution >= 0.6 is 12.2 Å².